The van der Waals surface area contributed by atoms with Gasteiger partial charge in [0.2, 0.25) is 0 Å². The number of unbranched alkanes of at least 4 members (excludes halogenated alkanes) is 1. The van der Waals surface area contributed by atoms with E-state index in [4.69, 9.17) is 5.73 Å². The van der Waals surface area contributed by atoms with Crippen LogP contribution in [0.2, 0.25) is 0 Å². The van der Waals surface area contributed by atoms with Gasteiger partial charge < -0.3 is 5.73 Å². The Balaban J connectivity index is 1.80. The van der Waals surface area contributed by atoms with Crippen molar-refractivity contribution in [2.75, 3.05) is 5.73 Å². The number of nitrogens with zero attached hydrogens (tertiary/aromatic N) is 1. The van der Waals surface area contributed by atoms with Crippen LogP contribution in [0.15, 0.2) is 24.3 Å². The van der Waals surface area contributed by atoms with Crippen LogP contribution in [0, 0.1) is 0 Å². The molecule has 0 aliphatic heterocycles. The molecular weight excluding hydrogens is 252 g/mol. The number of benzene rings is 1. The minimum Gasteiger partial charge on any atom is -0.375 e. The van der Waals surface area contributed by atoms with E-state index in [1.54, 1.807) is 11.3 Å². The van der Waals surface area contributed by atoms with Crippen molar-refractivity contribution in [2.45, 2.75) is 44.9 Å². The van der Waals surface area contributed by atoms with Crippen molar-refractivity contribution in [3.05, 3.63) is 46.0 Å². The summed E-state index contributed by atoms with van der Waals surface area (Å²) in [6.45, 7) is 2.24. The fourth-order valence-electron chi connectivity index (χ4n) is 2.86. The van der Waals surface area contributed by atoms with Gasteiger partial charge in [0, 0.05) is 10.8 Å². The van der Waals surface area contributed by atoms with E-state index in [0.717, 1.165) is 6.42 Å². The second kappa shape index (κ2) is 5.33. The van der Waals surface area contributed by atoms with E-state index in [-0.39, 0.29) is 0 Å². The lowest BCUT2D eigenvalue weighted by Gasteiger charge is -2.10. The summed E-state index contributed by atoms with van der Waals surface area (Å²) in [6, 6.07) is 9.15. The normalized spacial score (nSPS) is 17.6. The smallest absolute Gasteiger partial charge is 0.180 e. The van der Waals surface area contributed by atoms with Crippen LogP contribution < -0.4 is 5.73 Å². The lowest BCUT2D eigenvalue weighted by molar-refractivity contribution is 0.781. The summed E-state index contributed by atoms with van der Waals surface area (Å²) >= 11 is 1.66. The van der Waals surface area contributed by atoms with Gasteiger partial charge in [0.1, 0.15) is 0 Å². The molecule has 1 aromatic heterocycles. The topological polar surface area (TPSA) is 38.9 Å². The lowest BCUT2D eigenvalue weighted by atomic mass is 9.96. The third kappa shape index (κ3) is 2.52. The number of rotatable bonds is 4. The van der Waals surface area contributed by atoms with Crippen molar-refractivity contribution in [1.82, 2.24) is 4.98 Å². The summed E-state index contributed by atoms with van der Waals surface area (Å²) < 4.78 is 0. The molecule has 0 spiro atoms. The number of aromatic nitrogens is 1. The van der Waals surface area contributed by atoms with E-state index in [9.17, 15) is 0 Å². The van der Waals surface area contributed by atoms with Crippen molar-refractivity contribution in [3.63, 3.8) is 0 Å². The molecule has 0 radical (unpaired) electrons. The maximum Gasteiger partial charge on any atom is 0.180 e. The first kappa shape index (κ1) is 12.7. The molecule has 1 aliphatic rings. The summed E-state index contributed by atoms with van der Waals surface area (Å²) in [5, 5.41) is 0.717. The molecule has 100 valence electrons. The van der Waals surface area contributed by atoms with Crippen molar-refractivity contribution in [2.24, 2.45) is 0 Å². The Morgan fingerprint density at radius 1 is 1.32 bits per heavy atom. The predicted molar refractivity (Wildman–Crippen MR) is 81.7 cm³/mol. The second-order valence-corrected chi connectivity index (χ2v) is 6.36. The van der Waals surface area contributed by atoms with Crippen molar-refractivity contribution in [1.29, 1.82) is 0 Å². The van der Waals surface area contributed by atoms with Gasteiger partial charge in [-0.3, -0.25) is 0 Å². The Labute approximate surface area is 118 Å². The molecule has 19 heavy (non-hydrogen) atoms. The molecule has 0 fully saturated rings. The third-order valence-electron chi connectivity index (χ3n) is 3.93. The molecule has 1 aromatic carbocycles. The van der Waals surface area contributed by atoms with Crippen LogP contribution in [0.1, 0.15) is 53.8 Å². The number of aryl methyl sites for hydroxylation is 2. The molecule has 0 saturated heterocycles. The molecule has 0 amide bonds. The fraction of sp³-hybridized carbons (Fsp3) is 0.438. The van der Waals surface area contributed by atoms with E-state index < -0.39 is 0 Å². The van der Waals surface area contributed by atoms with Crippen LogP contribution >= 0.6 is 11.3 Å². The van der Waals surface area contributed by atoms with E-state index >= 15 is 0 Å². The average molecular weight is 272 g/mol. The van der Waals surface area contributed by atoms with Crippen LogP contribution in [-0.2, 0) is 12.8 Å². The zero-order valence-electron chi connectivity index (χ0n) is 11.4. The fourth-order valence-corrected chi connectivity index (χ4v) is 3.90. The molecule has 1 atom stereocenters. The molecular formula is C16H20N2S. The SMILES string of the molecule is CCCCc1ccc(C2CCc3nc(N)sc32)cc1. The molecule has 0 bridgehead atoms. The van der Waals surface area contributed by atoms with E-state index in [1.807, 2.05) is 0 Å². The highest BCUT2D eigenvalue weighted by molar-refractivity contribution is 7.15. The van der Waals surface area contributed by atoms with Gasteiger partial charge in [-0.1, -0.05) is 37.6 Å². The molecule has 2 aromatic rings. The van der Waals surface area contributed by atoms with Gasteiger partial charge in [-0.15, -0.1) is 11.3 Å². The van der Waals surface area contributed by atoms with Gasteiger partial charge in [-0.25, -0.2) is 4.98 Å². The first-order valence-electron chi connectivity index (χ1n) is 7.12. The summed E-state index contributed by atoms with van der Waals surface area (Å²) in [4.78, 5) is 5.81. The van der Waals surface area contributed by atoms with Gasteiger partial charge in [0.25, 0.3) is 0 Å². The van der Waals surface area contributed by atoms with Gasteiger partial charge in [-0.2, -0.15) is 0 Å². The number of hydrogen-bond acceptors (Lipinski definition) is 3. The van der Waals surface area contributed by atoms with Crippen LogP contribution in [0.4, 0.5) is 5.13 Å². The van der Waals surface area contributed by atoms with Gasteiger partial charge in [0.15, 0.2) is 5.13 Å². The standard InChI is InChI=1S/C16H20N2S/c1-2-3-4-11-5-7-12(8-6-11)13-9-10-14-15(13)19-16(17)18-14/h5-8,13H,2-4,9-10H2,1H3,(H2,17,18). The Morgan fingerprint density at radius 2 is 2.11 bits per heavy atom. The van der Waals surface area contributed by atoms with E-state index in [2.05, 4.69) is 36.2 Å². The minimum absolute atomic E-state index is 0.519. The van der Waals surface area contributed by atoms with Gasteiger partial charge in [-0.05, 0) is 36.8 Å². The summed E-state index contributed by atoms with van der Waals surface area (Å²) in [5.74, 6) is 0.519. The zero-order valence-corrected chi connectivity index (χ0v) is 12.2. The number of nitrogen functional groups attached to an aromatic ring is 1. The third-order valence-corrected chi connectivity index (χ3v) is 4.97. The Bertz CT molecular complexity index is 557. The number of fused-ring (bicyclic) bond motifs is 1. The summed E-state index contributed by atoms with van der Waals surface area (Å²) in [7, 11) is 0. The minimum atomic E-state index is 0.519. The highest BCUT2D eigenvalue weighted by Gasteiger charge is 2.27. The number of nitrogens with two attached hydrogens (primary N) is 1. The van der Waals surface area contributed by atoms with Gasteiger partial charge in [0.05, 0.1) is 5.69 Å². The first-order valence-corrected chi connectivity index (χ1v) is 7.93. The number of hydrogen-bond donors (Lipinski definition) is 1. The molecule has 3 heteroatoms. The molecule has 0 saturated carbocycles. The van der Waals surface area contributed by atoms with Crippen molar-refractivity contribution >= 4 is 16.5 Å². The monoisotopic (exact) mass is 272 g/mol. The maximum absolute atomic E-state index is 5.82. The Kier molecular flexibility index (Phi) is 3.56. The predicted octanol–water partition coefficient (Wildman–Crippen LogP) is 4.15. The van der Waals surface area contributed by atoms with E-state index in [1.165, 1.54) is 47.4 Å². The van der Waals surface area contributed by atoms with Crippen molar-refractivity contribution < 1.29 is 0 Å². The molecule has 2 N–H and O–H groups in total. The molecule has 1 heterocycles. The highest BCUT2D eigenvalue weighted by Crippen LogP contribution is 2.42. The lowest BCUT2D eigenvalue weighted by Crippen LogP contribution is -1.95. The highest BCUT2D eigenvalue weighted by atomic mass is 32.1. The van der Waals surface area contributed by atoms with Crippen molar-refractivity contribution in [3.8, 4) is 0 Å². The summed E-state index contributed by atoms with van der Waals surface area (Å²) in [5.41, 5.74) is 9.91. The second-order valence-electron chi connectivity index (χ2n) is 5.30. The summed E-state index contributed by atoms with van der Waals surface area (Å²) in [6.07, 6.45) is 5.99. The Hall–Kier alpha value is -1.35. The van der Waals surface area contributed by atoms with Crippen LogP contribution in [0.5, 0.6) is 0 Å². The molecule has 1 unspecified atom stereocenters. The number of anilines is 1. The number of thiazole rings is 1. The first-order chi connectivity index (χ1) is 9.28. The molecule has 2 nitrogen and oxygen atoms in total. The molecule has 3 rings (SSSR count). The van der Waals surface area contributed by atoms with Crippen LogP contribution in [0.3, 0.4) is 0 Å². The quantitative estimate of drug-likeness (QED) is 0.908. The zero-order chi connectivity index (χ0) is 13.2. The largest absolute Gasteiger partial charge is 0.375 e. The Morgan fingerprint density at radius 3 is 2.84 bits per heavy atom. The average Bonchev–Trinajstić information content (AvgIpc) is 2.96. The molecule has 1 aliphatic carbocycles. The maximum atomic E-state index is 5.82. The van der Waals surface area contributed by atoms with Gasteiger partial charge >= 0.3 is 0 Å². The van der Waals surface area contributed by atoms with Crippen LogP contribution in [0.25, 0.3) is 0 Å². The van der Waals surface area contributed by atoms with E-state index in [0.29, 0.717) is 11.0 Å². The van der Waals surface area contributed by atoms with Crippen LogP contribution in [-0.4, -0.2) is 4.98 Å².